The third kappa shape index (κ3) is 4.47. The zero-order valence-electron chi connectivity index (χ0n) is 13.3. The van der Waals surface area contributed by atoms with Gasteiger partial charge in [0.2, 0.25) is 5.95 Å². The van der Waals surface area contributed by atoms with Crippen molar-refractivity contribution < 1.29 is 4.79 Å². The molecule has 126 valence electrons. The summed E-state index contributed by atoms with van der Waals surface area (Å²) in [6, 6.07) is 14.1. The Kier molecular flexibility index (Phi) is 5.16. The number of hydrogen-bond acceptors (Lipinski definition) is 5. The molecule has 5 nitrogen and oxygen atoms in total. The first kappa shape index (κ1) is 17.2. The Morgan fingerprint density at radius 3 is 2.32 bits per heavy atom. The number of halogens is 2. The summed E-state index contributed by atoms with van der Waals surface area (Å²) in [5.41, 5.74) is 2.22. The maximum atomic E-state index is 11.3. The van der Waals surface area contributed by atoms with Crippen LogP contribution in [-0.4, -0.2) is 15.8 Å². The van der Waals surface area contributed by atoms with Gasteiger partial charge in [0.25, 0.3) is 0 Å². The smallest absolute Gasteiger partial charge is 0.229 e. The van der Waals surface area contributed by atoms with Crippen LogP contribution in [0.3, 0.4) is 0 Å². The second-order valence-electron chi connectivity index (χ2n) is 5.28. The zero-order chi connectivity index (χ0) is 17.8. The standard InChI is InChI=1S/C18H14Cl2N4O/c1-11(25)12-2-4-13(5-3-12)22-17-8-9-21-18(24-17)23-14-6-7-15(19)16(20)10-14/h2-10H,1H3,(H2,21,22,23,24). The summed E-state index contributed by atoms with van der Waals surface area (Å²) >= 11 is 11.9. The van der Waals surface area contributed by atoms with Gasteiger partial charge in [-0.1, -0.05) is 23.2 Å². The molecule has 0 unspecified atom stereocenters. The highest BCUT2D eigenvalue weighted by molar-refractivity contribution is 6.42. The van der Waals surface area contributed by atoms with Crippen molar-refractivity contribution in [2.75, 3.05) is 10.6 Å². The Labute approximate surface area is 155 Å². The number of Topliss-reactive ketones (excluding diaryl/α,β-unsaturated/α-hetero) is 1. The van der Waals surface area contributed by atoms with E-state index in [-0.39, 0.29) is 5.78 Å². The maximum Gasteiger partial charge on any atom is 0.229 e. The highest BCUT2D eigenvalue weighted by atomic mass is 35.5. The molecule has 1 aromatic heterocycles. The van der Waals surface area contributed by atoms with Gasteiger partial charge < -0.3 is 10.6 Å². The molecule has 1 heterocycles. The van der Waals surface area contributed by atoms with Gasteiger partial charge in [-0.05, 0) is 55.5 Å². The molecule has 2 aromatic carbocycles. The number of nitrogens with zero attached hydrogens (tertiary/aromatic N) is 2. The van der Waals surface area contributed by atoms with Gasteiger partial charge in [0, 0.05) is 23.1 Å². The number of ketones is 1. The average molecular weight is 373 g/mol. The fraction of sp³-hybridized carbons (Fsp3) is 0.0556. The SMILES string of the molecule is CC(=O)c1ccc(Nc2ccnc(Nc3ccc(Cl)c(Cl)c3)n2)cc1. The number of rotatable bonds is 5. The lowest BCUT2D eigenvalue weighted by atomic mass is 10.1. The Hall–Kier alpha value is -2.63. The van der Waals surface area contributed by atoms with Crippen LogP contribution in [0.25, 0.3) is 0 Å². The molecule has 0 aliphatic carbocycles. The monoisotopic (exact) mass is 372 g/mol. The van der Waals surface area contributed by atoms with Gasteiger partial charge in [0.15, 0.2) is 5.78 Å². The molecule has 0 radical (unpaired) electrons. The van der Waals surface area contributed by atoms with E-state index in [4.69, 9.17) is 23.2 Å². The summed E-state index contributed by atoms with van der Waals surface area (Å²) in [5.74, 6) is 1.07. The molecule has 0 bridgehead atoms. The van der Waals surface area contributed by atoms with Crippen LogP contribution < -0.4 is 10.6 Å². The first-order valence-electron chi connectivity index (χ1n) is 7.44. The van der Waals surface area contributed by atoms with Crippen LogP contribution in [0.2, 0.25) is 10.0 Å². The highest BCUT2D eigenvalue weighted by Crippen LogP contribution is 2.26. The number of benzene rings is 2. The van der Waals surface area contributed by atoms with E-state index in [9.17, 15) is 4.79 Å². The first-order chi connectivity index (χ1) is 12.0. The van der Waals surface area contributed by atoms with Gasteiger partial charge in [-0.3, -0.25) is 4.79 Å². The van der Waals surface area contributed by atoms with Crippen LogP contribution in [0.4, 0.5) is 23.1 Å². The van der Waals surface area contributed by atoms with Crippen molar-refractivity contribution in [3.05, 3.63) is 70.3 Å². The van der Waals surface area contributed by atoms with Crippen LogP contribution >= 0.6 is 23.2 Å². The van der Waals surface area contributed by atoms with Crippen molar-refractivity contribution in [1.82, 2.24) is 9.97 Å². The maximum absolute atomic E-state index is 11.3. The molecule has 0 spiro atoms. The summed E-state index contributed by atoms with van der Waals surface area (Å²) in [6.07, 6.45) is 1.64. The van der Waals surface area contributed by atoms with Crippen LogP contribution in [0.1, 0.15) is 17.3 Å². The minimum Gasteiger partial charge on any atom is -0.340 e. The lowest BCUT2D eigenvalue weighted by Crippen LogP contribution is -2.00. The van der Waals surface area contributed by atoms with Crippen molar-refractivity contribution >= 4 is 52.1 Å². The highest BCUT2D eigenvalue weighted by Gasteiger charge is 2.04. The number of nitrogens with one attached hydrogen (secondary N) is 2. The van der Waals surface area contributed by atoms with Crippen molar-refractivity contribution in [3.8, 4) is 0 Å². The third-order valence-electron chi connectivity index (χ3n) is 3.40. The second-order valence-corrected chi connectivity index (χ2v) is 6.09. The molecule has 0 fully saturated rings. The molecular weight excluding hydrogens is 359 g/mol. The second kappa shape index (κ2) is 7.51. The Morgan fingerprint density at radius 2 is 1.64 bits per heavy atom. The zero-order valence-corrected chi connectivity index (χ0v) is 14.8. The van der Waals surface area contributed by atoms with E-state index in [1.165, 1.54) is 6.92 Å². The molecule has 7 heteroatoms. The summed E-state index contributed by atoms with van der Waals surface area (Å²) in [6.45, 7) is 1.54. The van der Waals surface area contributed by atoms with E-state index in [1.54, 1.807) is 42.6 Å². The molecule has 0 aliphatic heterocycles. The molecule has 0 atom stereocenters. The van der Waals surface area contributed by atoms with Crippen molar-refractivity contribution in [3.63, 3.8) is 0 Å². The molecule has 0 saturated heterocycles. The van der Waals surface area contributed by atoms with Gasteiger partial charge in [0.1, 0.15) is 5.82 Å². The molecule has 0 aliphatic rings. The van der Waals surface area contributed by atoms with Gasteiger partial charge in [-0.15, -0.1) is 0 Å². The molecule has 0 saturated carbocycles. The first-order valence-corrected chi connectivity index (χ1v) is 8.20. The van der Waals surface area contributed by atoms with Crippen LogP contribution in [0, 0.1) is 0 Å². The van der Waals surface area contributed by atoms with E-state index in [1.807, 2.05) is 12.1 Å². The predicted octanol–water partition coefficient (Wildman–Crippen LogP) is 5.47. The normalized spacial score (nSPS) is 10.4. The number of anilines is 4. The van der Waals surface area contributed by atoms with Crippen LogP contribution in [0.15, 0.2) is 54.7 Å². The number of aromatic nitrogens is 2. The van der Waals surface area contributed by atoms with Crippen molar-refractivity contribution in [2.45, 2.75) is 6.92 Å². The predicted molar refractivity (Wildman–Crippen MR) is 102 cm³/mol. The quantitative estimate of drug-likeness (QED) is 0.580. The number of hydrogen-bond donors (Lipinski definition) is 2. The van der Waals surface area contributed by atoms with E-state index in [0.29, 0.717) is 27.4 Å². The topological polar surface area (TPSA) is 66.9 Å². The van der Waals surface area contributed by atoms with Gasteiger partial charge in [-0.25, -0.2) is 4.98 Å². The Bertz CT molecular complexity index is 913. The van der Waals surface area contributed by atoms with Gasteiger partial charge in [0.05, 0.1) is 10.0 Å². The molecule has 2 N–H and O–H groups in total. The summed E-state index contributed by atoms with van der Waals surface area (Å²) in [4.78, 5) is 19.9. The fourth-order valence-electron chi connectivity index (χ4n) is 2.13. The van der Waals surface area contributed by atoms with Crippen LogP contribution in [-0.2, 0) is 0 Å². The van der Waals surface area contributed by atoms with E-state index in [2.05, 4.69) is 20.6 Å². The van der Waals surface area contributed by atoms with Crippen molar-refractivity contribution in [1.29, 1.82) is 0 Å². The molecule has 3 rings (SSSR count). The number of carbonyl (C=O) groups excluding carboxylic acids is 1. The Morgan fingerprint density at radius 1 is 0.920 bits per heavy atom. The van der Waals surface area contributed by atoms with Gasteiger partial charge in [-0.2, -0.15) is 4.98 Å². The van der Waals surface area contributed by atoms with E-state index >= 15 is 0 Å². The summed E-state index contributed by atoms with van der Waals surface area (Å²) < 4.78 is 0. The van der Waals surface area contributed by atoms with E-state index in [0.717, 1.165) is 11.4 Å². The molecule has 3 aromatic rings. The van der Waals surface area contributed by atoms with E-state index < -0.39 is 0 Å². The number of carbonyl (C=O) groups is 1. The lowest BCUT2D eigenvalue weighted by Gasteiger charge is -2.09. The average Bonchev–Trinajstić information content (AvgIpc) is 2.59. The largest absolute Gasteiger partial charge is 0.340 e. The van der Waals surface area contributed by atoms with Gasteiger partial charge >= 0.3 is 0 Å². The molecule has 0 amide bonds. The van der Waals surface area contributed by atoms with Crippen molar-refractivity contribution in [2.24, 2.45) is 0 Å². The van der Waals surface area contributed by atoms with Crippen LogP contribution in [0.5, 0.6) is 0 Å². The Balaban J connectivity index is 1.74. The third-order valence-corrected chi connectivity index (χ3v) is 4.13. The summed E-state index contributed by atoms with van der Waals surface area (Å²) in [5, 5.41) is 7.17. The molecular formula is C18H14Cl2N4O. The molecule has 25 heavy (non-hydrogen) atoms. The summed E-state index contributed by atoms with van der Waals surface area (Å²) in [7, 11) is 0. The minimum atomic E-state index is 0.0293. The fourth-order valence-corrected chi connectivity index (χ4v) is 2.43. The minimum absolute atomic E-state index is 0.0293. The lowest BCUT2D eigenvalue weighted by molar-refractivity contribution is 0.101.